The molecule has 8 heteroatoms. The number of thioether (sulfide) groups is 1. The largest absolute Gasteiger partial charge is 0.396 e. The van der Waals surface area contributed by atoms with E-state index in [9.17, 15) is 9.59 Å². The molecule has 0 amide bonds. The van der Waals surface area contributed by atoms with Crippen LogP contribution >= 0.6 is 11.8 Å². The van der Waals surface area contributed by atoms with Crippen molar-refractivity contribution in [3.05, 3.63) is 26.7 Å². The van der Waals surface area contributed by atoms with E-state index in [-0.39, 0.29) is 6.61 Å². The molecule has 0 unspecified atom stereocenters. The molecule has 0 aliphatic heterocycles. The van der Waals surface area contributed by atoms with Crippen LogP contribution in [-0.2, 0) is 20.5 Å². The Morgan fingerprint density at radius 1 is 1.18 bits per heavy atom. The van der Waals surface area contributed by atoms with Gasteiger partial charge in [0.2, 0.25) is 0 Å². The van der Waals surface area contributed by atoms with E-state index in [2.05, 4.69) is 16.9 Å². The predicted octanol–water partition coefficient (Wildman–Crippen LogP) is 0.454. The first-order valence-corrected chi connectivity index (χ1v) is 8.20. The second-order valence-electron chi connectivity index (χ2n) is 5.02. The zero-order chi connectivity index (χ0) is 16.3. The summed E-state index contributed by atoms with van der Waals surface area (Å²) >= 11 is 1.31. The number of fused-ring (bicyclic) bond motifs is 1. The van der Waals surface area contributed by atoms with Crippen molar-refractivity contribution in [3.8, 4) is 0 Å². The van der Waals surface area contributed by atoms with Crippen LogP contribution in [0, 0.1) is 0 Å². The standard InChI is InChI=1S/C14H20N4O3S/c1-4-5-6-9-15-11-10(12(16-9)22-8-7-19)13(20)18(3)14(21)17(11)2/h19H,4-8H2,1-3H3. The number of aryl methyl sites for hydroxylation is 2. The molecule has 0 spiro atoms. The zero-order valence-corrected chi connectivity index (χ0v) is 13.8. The lowest BCUT2D eigenvalue weighted by molar-refractivity contribution is 0.322. The summed E-state index contributed by atoms with van der Waals surface area (Å²) < 4.78 is 2.43. The molecule has 0 radical (unpaired) electrons. The number of aromatic nitrogens is 4. The van der Waals surface area contributed by atoms with Crippen LogP contribution in [0.25, 0.3) is 11.0 Å². The van der Waals surface area contributed by atoms with Crippen molar-refractivity contribution in [3.63, 3.8) is 0 Å². The fraction of sp³-hybridized carbons (Fsp3) is 0.571. The minimum atomic E-state index is -0.407. The van der Waals surface area contributed by atoms with Crippen LogP contribution in [-0.4, -0.2) is 36.6 Å². The fourth-order valence-electron chi connectivity index (χ4n) is 2.17. The summed E-state index contributed by atoms with van der Waals surface area (Å²) in [4.78, 5) is 33.3. The molecule has 2 aromatic heterocycles. The minimum Gasteiger partial charge on any atom is -0.396 e. The van der Waals surface area contributed by atoms with Gasteiger partial charge in [-0.05, 0) is 6.42 Å². The van der Waals surface area contributed by atoms with Crippen molar-refractivity contribution in [2.45, 2.75) is 31.2 Å². The first-order chi connectivity index (χ1) is 10.5. The summed E-state index contributed by atoms with van der Waals surface area (Å²) in [6.45, 7) is 2.07. The summed E-state index contributed by atoms with van der Waals surface area (Å²) in [6.07, 6.45) is 2.65. The number of hydrogen-bond acceptors (Lipinski definition) is 6. The molecule has 0 atom stereocenters. The van der Waals surface area contributed by atoms with Gasteiger partial charge < -0.3 is 5.11 Å². The van der Waals surface area contributed by atoms with Crippen molar-refractivity contribution in [1.29, 1.82) is 0 Å². The average molecular weight is 324 g/mol. The Morgan fingerprint density at radius 2 is 1.91 bits per heavy atom. The second kappa shape index (κ2) is 7.06. The molecule has 2 heterocycles. The topological polar surface area (TPSA) is 90.0 Å². The van der Waals surface area contributed by atoms with Crippen molar-refractivity contribution in [2.24, 2.45) is 14.1 Å². The fourth-order valence-corrected chi connectivity index (χ4v) is 2.94. The van der Waals surface area contributed by atoms with Gasteiger partial charge in [-0.2, -0.15) is 0 Å². The van der Waals surface area contributed by atoms with Crippen LogP contribution < -0.4 is 11.2 Å². The van der Waals surface area contributed by atoms with E-state index in [1.807, 2.05) is 0 Å². The Balaban J connectivity index is 2.76. The van der Waals surface area contributed by atoms with Gasteiger partial charge in [-0.3, -0.25) is 13.9 Å². The van der Waals surface area contributed by atoms with E-state index in [1.54, 1.807) is 7.05 Å². The molecule has 0 aliphatic rings. The number of hydrogen-bond donors (Lipinski definition) is 1. The van der Waals surface area contributed by atoms with Gasteiger partial charge in [-0.25, -0.2) is 14.8 Å². The third kappa shape index (κ3) is 3.07. The zero-order valence-electron chi connectivity index (χ0n) is 13.0. The predicted molar refractivity (Wildman–Crippen MR) is 86.4 cm³/mol. The number of unbranched alkanes of at least 4 members (excludes halogenated alkanes) is 1. The van der Waals surface area contributed by atoms with E-state index < -0.39 is 11.2 Å². The van der Waals surface area contributed by atoms with E-state index in [0.717, 1.165) is 17.4 Å². The van der Waals surface area contributed by atoms with Crippen LogP contribution in [0.3, 0.4) is 0 Å². The van der Waals surface area contributed by atoms with Crippen molar-refractivity contribution >= 4 is 22.8 Å². The molecule has 1 N–H and O–H groups in total. The van der Waals surface area contributed by atoms with Crippen molar-refractivity contribution in [2.75, 3.05) is 12.4 Å². The molecular formula is C14H20N4O3S. The molecule has 0 aromatic carbocycles. The SMILES string of the molecule is CCCCc1nc(SCCO)c2c(=O)n(C)c(=O)n(C)c2n1. The number of aliphatic hydroxyl groups excluding tert-OH is 1. The normalized spacial score (nSPS) is 11.3. The molecule has 0 bridgehead atoms. The highest BCUT2D eigenvalue weighted by atomic mass is 32.2. The molecule has 22 heavy (non-hydrogen) atoms. The van der Waals surface area contributed by atoms with Gasteiger partial charge in [-0.15, -0.1) is 11.8 Å². The summed E-state index contributed by atoms with van der Waals surface area (Å²) in [7, 11) is 3.04. The Hall–Kier alpha value is -1.67. The molecule has 0 saturated heterocycles. The van der Waals surface area contributed by atoms with E-state index >= 15 is 0 Å². The lowest BCUT2D eigenvalue weighted by atomic mass is 10.2. The van der Waals surface area contributed by atoms with Crippen LogP contribution in [0.2, 0.25) is 0 Å². The van der Waals surface area contributed by atoms with Crippen LogP contribution in [0.15, 0.2) is 14.6 Å². The number of rotatable bonds is 6. The van der Waals surface area contributed by atoms with Crippen molar-refractivity contribution < 1.29 is 5.11 Å². The molecule has 7 nitrogen and oxygen atoms in total. The maximum Gasteiger partial charge on any atom is 0.332 e. The Morgan fingerprint density at radius 3 is 2.55 bits per heavy atom. The maximum absolute atomic E-state index is 12.4. The van der Waals surface area contributed by atoms with Gasteiger partial charge in [0.25, 0.3) is 5.56 Å². The third-order valence-electron chi connectivity index (χ3n) is 3.40. The minimum absolute atomic E-state index is 0.00740. The van der Waals surface area contributed by atoms with Crippen LogP contribution in [0.1, 0.15) is 25.6 Å². The van der Waals surface area contributed by atoms with Gasteiger partial charge in [0, 0.05) is 26.3 Å². The average Bonchev–Trinajstić information content (AvgIpc) is 2.53. The van der Waals surface area contributed by atoms with Gasteiger partial charge in [0.05, 0.1) is 6.61 Å². The molecule has 0 aliphatic carbocycles. The highest BCUT2D eigenvalue weighted by Gasteiger charge is 2.17. The Labute approximate surface area is 132 Å². The summed E-state index contributed by atoms with van der Waals surface area (Å²) in [6, 6.07) is 0. The highest BCUT2D eigenvalue weighted by Crippen LogP contribution is 2.22. The molecule has 0 saturated carbocycles. The van der Waals surface area contributed by atoms with Gasteiger partial charge >= 0.3 is 5.69 Å². The lowest BCUT2D eigenvalue weighted by Gasteiger charge is -2.11. The maximum atomic E-state index is 12.4. The van der Waals surface area contributed by atoms with E-state index in [4.69, 9.17) is 5.11 Å². The first kappa shape index (κ1) is 16.7. The molecule has 2 rings (SSSR count). The quantitative estimate of drug-likeness (QED) is 0.613. The molecular weight excluding hydrogens is 304 g/mol. The van der Waals surface area contributed by atoms with Crippen LogP contribution in [0.5, 0.6) is 0 Å². The summed E-state index contributed by atoms with van der Waals surface area (Å²) in [5.41, 5.74) is -0.453. The van der Waals surface area contributed by atoms with Gasteiger partial charge in [0.1, 0.15) is 16.2 Å². The monoisotopic (exact) mass is 324 g/mol. The second-order valence-corrected chi connectivity index (χ2v) is 6.11. The summed E-state index contributed by atoms with van der Waals surface area (Å²) in [5.74, 6) is 1.06. The Kier molecular flexibility index (Phi) is 5.36. The molecule has 0 fully saturated rings. The lowest BCUT2D eigenvalue weighted by Crippen LogP contribution is -2.37. The molecule has 2 aromatic rings. The first-order valence-electron chi connectivity index (χ1n) is 7.21. The number of nitrogens with zero attached hydrogens (tertiary/aromatic N) is 4. The van der Waals surface area contributed by atoms with E-state index in [1.165, 1.54) is 23.4 Å². The van der Waals surface area contributed by atoms with Gasteiger partial charge in [-0.1, -0.05) is 13.3 Å². The third-order valence-corrected chi connectivity index (χ3v) is 4.35. The van der Waals surface area contributed by atoms with Crippen molar-refractivity contribution in [1.82, 2.24) is 19.1 Å². The number of aliphatic hydroxyl groups is 1. The van der Waals surface area contributed by atoms with Crippen LogP contribution in [0.4, 0.5) is 0 Å². The van der Waals surface area contributed by atoms with E-state index in [0.29, 0.717) is 34.1 Å². The smallest absolute Gasteiger partial charge is 0.332 e. The van der Waals surface area contributed by atoms with Gasteiger partial charge in [0.15, 0.2) is 5.65 Å². The Bertz CT molecular complexity index is 797. The highest BCUT2D eigenvalue weighted by molar-refractivity contribution is 7.99. The summed E-state index contributed by atoms with van der Waals surface area (Å²) in [5, 5.41) is 9.90. The molecule has 120 valence electrons.